The van der Waals surface area contributed by atoms with Crippen molar-refractivity contribution in [1.82, 2.24) is 9.55 Å². The lowest BCUT2D eigenvalue weighted by Crippen LogP contribution is -2.01. The van der Waals surface area contributed by atoms with Gasteiger partial charge in [0.2, 0.25) is 0 Å². The van der Waals surface area contributed by atoms with Gasteiger partial charge >= 0.3 is 0 Å². The van der Waals surface area contributed by atoms with E-state index in [-0.39, 0.29) is 0 Å². The Bertz CT molecular complexity index is 464. The summed E-state index contributed by atoms with van der Waals surface area (Å²) >= 11 is 0. The van der Waals surface area contributed by atoms with Crippen LogP contribution in [-0.4, -0.2) is 22.8 Å². The van der Waals surface area contributed by atoms with Gasteiger partial charge in [0.25, 0.3) is 0 Å². The van der Waals surface area contributed by atoms with Crippen molar-refractivity contribution in [3.05, 3.63) is 30.6 Å². The van der Waals surface area contributed by atoms with Crippen molar-refractivity contribution in [3.63, 3.8) is 0 Å². The maximum Gasteiger partial charge on any atom is 0.140 e. The second kappa shape index (κ2) is 7.17. The van der Waals surface area contributed by atoms with E-state index < -0.39 is 0 Å². The SMILES string of the molecule is CCCCOCCCCn1c[c]c2cccnc21. The zero-order valence-corrected chi connectivity index (χ0v) is 11.1. The molecule has 0 saturated heterocycles. The first kappa shape index (κ1) is 13.1. The Balaban J connectivity index is 1.70. The number of aromatic nitrogens is 2. The second-order valence-electron chi connectivity index (χ2n) is 4.51. The molecule has 0 aliphatic rings. The van der Waals surface area contributed by atoms with E-state index in [9.17, 15) is 0 Å². The fourth-order valence-corrected chi connectivity index (χ4v) is 1.95. The molecule has 0 N–H and O–H groups in total. The van der Waals surface area contributed by atoms with Gasteiger partial charge in [-0.2, -0.15) is 0 Å². The molecule has 1 radical (unpaired) electrons. The molecule has 0 bridgehead atoms. The van der Waals surface area contributed by atoms with Gasteiger partial charge in [0.15, 0.2) is 0 Å². The average Bonchev–Trinajstić information content (AvgIpc) is 2.81. The summed E-state index contributed by atoms with van der Waals surface area (Å²) in [6.07, 6.45) is 8.44. The van der Waals surface area contributed by atoms with Gasteiger partial charge in [-0.3, -0.25) is 0 Å². The summed E-state index contributed by atoms with van der Waals surface area (Å²) in [6.45, 7) is 4.95. The molecule has 0 unspecified atom stereocenters. The Labute approximate surface area is 109 Å². The highest BCUT2D eigenvalue weighted by Crippen LogP contribution is 2.12. The molecular weight excluding hydrogens is 224 g/mol. The number of unbranched alkanes of at least 4 members (excludes halogenated alkanes) is 2. The van der Waals surface area contributed by atoms with Crippen molar-refractivity contribution in [2.24, 2.45) is 0 Å². The largest absolute Gasteiger partial charge is 0.381 e. The molecule has 0 spiro atoms. The molecular formula is C15H21N2O. The summed E-state index contributed by atoms with van der Waals surface area (Å²) in [5, 5.41) is 1.09. The second-order valence-corrected chi connectivity index (χ2v) is 4.51. The lowest BCUT2D eigenvalue weighted by Gasteiger charge is -2.05. The zero-order chi connectivity index (χ0) is 12.6. The van der Waals surface area contributed by atoms with E-state index >= 15 is 0 Å². The number of hydrogen-bond acceptors (Lipinski definition) is 2. The van der Waals surface area contributed by atoms with Gasteiger partial charge in [-0.05, 0) is 31.4 Å². The van der Waals surface area contributed by atoms with Crippen molar-refractivity contribution >= 4 is 11.0 Å². The minimum atomic E-state index is 0.871. The third kappa shape index (κ3) is 3.57. The number of fused-ring (bicyclic) bond motifs is 1. The molecule has 0 saturated carbocycles. The average molecular weight is 245 g/mol. The minimum Gasteiger partial charge on any atom is -0.381 e. The van der Waals surface area contributed by atoms with Crippen LogP contribution in [0.15, 0.2) is 24.5 Å². The summed E-state index contributed by atoms with van der Waals surface area (Å²) in [7, 11) is 0. The van der Waals surface area contributed by atoms with Gasteiger partial charge < -0.3 is 9.30 Å². The molecule has 3 nitrogen and oxygen atoms in total. The van der Waals surface area contributed by atoms with Crippen LogP contribution >= 0.6 is 0 Å². The van der Waals surface area contributed by atoms with Gasteiger partial charge in [-0.15, -0.1) is 0 Å². The number of nitrogens with zero attached hydrogens (tertiary/aromatic N) is 2. The molecule has 2 aromatic heterocycles. The van der Waals surface area contributed by atoms with E-state index in [2.05, 4.69) is 22.5 Å². The quantitative estimate of drug-likeness (QED) is 0.666. The van der Waals surface area contributed by atoms with Crippen molar-refractivity contribution in [2.45, 2.75) is 39.2 Å². The van der Waals surface area contributed by atoms with Gasteiger partial charge in [-0.25, -0.2) is 4.98 Å². The lowest BCUT2D eigenvalue weighted by molar-refractivity contribution is 0.127. The van der Waals surface area contributed by atoms with Gasteiger partial charge in [-0.1, -0.05) is 13.3 Å². The molecule has 2 aromatic rings. The van der Waals surface area contributed by atoms with Gasteiger partial charge in [0.1, 0.15) is 5.65 Å². The predicted molar refractivity (Wildman–Crippen MR) is 73.5 cm³/mol. The van der Waals surface area contributed by atoms with E-state index in [1.54, 1.807) is 0 Å². The van der Waals surface area contributed by atoms with Crippen molar-refractivity contribution in [2.75, 3.05) is 13.2 Å². The van der Waals surface area contributed by atoms with Crippen LogP contribution in [-0.2, 0) is 11.3 Å². The zero-order valence-electron chi connectivity index (χ0n) is 11.1. The molecule has 2 heterocycles. The van der Waals surface area contributed by atoms with E-state index in [4.69, 9.17) is 4.74 Å². The van der Waals surface area contributed by atoms with E-state index in [0.717, 1.165) is 43.6 Å². The number of ether oxygens (including phenoxy) is 1. The van der Waals surface area contributed by atoms with E-state index in [1.165, 1.54) is 12.8 Å². The highest BCUT2D eigenvalue weighted by atomic mass is 16.5. The number of hydrogen-bond donors (Lipinski definition) is 0. The van der Waals surface area contributed by atoms with Crippen molar-refractivity contribution in [1.29, 1.82) is 0 Å². The summed E-state index contributed by atoms with van der Waals surface area (Å²) in [5.41, 5.74) is 1.03. The molecule has 0 amide bonds. The Morgan fingerprint density at radius 1 is 1.28 bits per heavy atom. The first-order valence-corrected chi connectivity index (χ1v) is 6.81. The molecule has 0 atom stereocenters. The maximum absolute atomic E-state index is 5.55. The fraction of sp³-hybridized carbons (Fsp3) is 0.533. The van der Waals surface area contributed by atoms with Crippen LogP contribution in [0.25, 0.3) is 11.0 Å². The highest BCUT2D eigenvalue weighted by Gasteiger charge is 2.00. The van der Waals surface area contributed by atoms with Gasteiger partial charge in [0.05, 0.1) is 0 Å². The molecule has 18 heavy (non-hydrogen) atoms. The molecule has 0 aliphatic heterocycles. The Kier molecular flexibility index (Phi) is 5.21. The third-order valence-electron chi connectivity index (χ3n) is 3.01. The van der Waals surface area contributed by atoms with Crippen LogP contribution in [0.3, 0.4) is 0 Å². The third-order valence-corrected chi connectivity index (χ3v) is 3.01. The first-order valence-electron chi connectivity index (χ1n) is 6.81. The molecule has 3 heteroatoms. The van der Waals surface area contributed by atoms with Crippen molar-refractivity contribution in [3.8, 4) is 0 Å². The van der Waals surface area contributed by atoms with Crippen LogP contribution in [0.1, 0.15) is 32.6 Å². The van der Waals surface area contributed by atoms with Crippen LogP contribution < -0.4 is 0 Å². The topological polar surface area (TPSA) is 27.1 Å². The lowest BCUT2D eigenvalue weighted by atomic mass is 10.3. The minimum absolute atomic E-state index is 0.871. The van der Waals surface area contributed by atoms with Crippen LogP contribution in [0.2, 0.25) is 0 Å². The van der Waals surface area contributed by atoms with Crippen LogP contribution in [0, 0.1) is 6.07 Å². The predicted octanol–water partition coefficient (Wildman–Crippen LogP) is 3.43. The van der Waals surface area contributed by atoms with E-state index in [0.29, 0.717) is 0 Å². The van der Waals surface area contributed by atoms with Crippen LogP contribution in [0.5, 0.6) is 0 Å². The van der Waals surface area contributed by atoms with Crippen LogP contribution in [0.4, 0.5) is 0 Å². The molecule has 0 aromatic carbocycles. The number of aryl methyl sites for hydroxylation is 1. The Morgan fingerprint density at radius 2 is 2.17 bits per heavy atom. The summed E-state index contributed by atoms with van der Waals surface area (Å²) in [4.78, 5) is 4.38. The standard InChI is InChI=1S/C15H21N2O/c1-2-3-12-18-13-5-4-10-17-11-8-14-7-6-9-16-15(14)17/h6-7,9,11H,2-5,10,12-13H2,1H3. The summed E-state index contributed by atoms with van der Waals surface area (Å²) in [6, 6.07) is 7.22. The Morgan fingerprint density at radius 3 is 3.06 bits per heavy atom. The fourth-order valence-electron chi connectivity index (χ4n) is 1.95. The monoisotopic (exact) mass is 245 g/mol. The summed E-state index contributed by atoms with van der Waals surface area (Å²) < 4.78 is 7.72. The normalized spacial score (nSPS) is 11.2. The Hall–Kier alpha value is -1.35. The van der Waals surface area contributed by atoms with Gasteiger partial charge in [0, 0.05) is 43.6 Å². The number of pyridine rings is 1. The first-order chi connectivity index (χ1) is 8.92. The highest BCUT2D eigenvalue weighted by molar-refractivity contribution is 5.74. The molecule has 0 fully saturated rings. The molecule has 0 aliphatic carbocycles. The smallest absolute Gasteiger partial charge is 0.140 e. The molecule has 97 valence electrons. The summed E-state index contributed by atoms with van der Waals surface area (Å²) in [5.74, 6) is 0. The number of rotatable bonds is 8. The van der Waals surface area contributed by atoms with E-state index in [1.807, 2.05) is 24.5 Å². The molecule has 2 rings (SSSR count). The van der Waals surface area contributed by atoms with Crippen molar-refractivity contribution < 1.29 is 4.74 Å². The maximum atomic E-state index is 5.55.